The molecule has 8 heteroatoms. The van der Waals surface area contributed by atoms with Crippen LogP contribution in [0.3, 0.4) is 0 Å². The minimum atomic E-state index is -4.53. The van der Waals surface area contributed by atoms with Crippen molar-refractivity contribution in [2.45, 2.75) is 31.3 Å². The van der Waals surface area contributed by atoms with Crippen LogP contribution in [0.2, 0.25) is 0 Å². The molecule has 0 unspecified atom stereocenters. The fourth-order valence-corrected chi connectivity index (χ4v) is 4.02. The van der Waals surface area contributed by atoms with Crippen molar-refractivity contribution >= 4 is 15.7 Å². The van der Waals surface area contributed by atoms with Crippen molar-refractivity contribution in [3.8, 4) is 0 Å². The number of carbonyl (C=O) groups excluding carboxylic acids is 1. The van der Waals surface area contributed by atoms with Crippen LogP contribution in [-0.4, -0.2) is 42.8 Å². The molecule has 0 aliphatic carbocycles. The molecule has 1 aromatic rings. The van der Waals surface area contributed by atoms with E-state index in [0.717, 1.165) is 12.1 Å². The third-order valence-corrected chi connectivity index (χ3v) is 6.33. The van der Waals surface area contributed by atoms with Crippen LogP contribution in [0.1, 0.15) is 29.8 Å². The predicted octanol–water partition coefficient (Wildman–Crippen LogP) is 2.35. The first-order valence-corrected chi connectivity index (χ1v) is 8.45. The van der Waals surface area contributed by atoms with Crippen molar-refractivity contribution in [3.63, 3.8) is 0 Å². The highest BCUT2D eigenvalue weighted by atomic mass is 32.2. The third-order valence-electron chi connectivity index (χ3n) is 4.05. The number of sulfone groups is 1. The lowest BCUT2D eigenvalue weighted by atomic mass is 10.1. The Labute approximate surface area is 126 Å². The van der Waals surface area contributed by atoms with Crippen LogP contribution in [0, 0.1) is 0 Å². The second-order valence-corrected chi connectivity index (χ2v) is 7.87. The van der Waals surface area contributed by atoms with Crippen LogP contribution in [0.15, 0.2) is 24.3 Å². The number of benzene rings is 1. The van der Waals surface area contributed by atoms with Gasteiger partial charge in [0.25, 0.3) is 5.91 Å². The van der Waals surface area contributed by atoms with Gasteiger partial charge in [-0.25, -0.2) is 8.42 Å². The van der Waals surface area contributed by atoms with E-state index in [1.807, 2.05) is 0 Å². The Bertz CT molecular complexity index is 685. The summed E-state index contributed by atoms with van der Waals surface area (Å²) in [6, 6.07) is 3.58. The van der Waals surface area contributed by atoms with Gasteiger partial charge >= 0.3 is 6.18 Å². The van der Waals surface area contributed by atoms with E-state index in [9.17, 15) is 26.4 Å². The standard InChI is InChI=1S/C14H16F3NO3S/c1-9-10(2)22(20,21)7-6-18(9)13(19)11-4-3-5-12(8-11)14(15,16)17/h3-5,8-10H,6-7H2,1-2H3/t9-,10-/m0/s1. The van der Waals surface area contributed by atoms with E-state index >= 15 is 0 Å². The Hall–Kier alpha value is -1.57. The summed E-state index contributed by atoms with van der Waals surface area (Å²) < 4.78 is 61.7. The molecule has 0 spiro atoms. The Kier molecular flexibility index (Phi) is 4.25. The maximum atomic E-state index is 12.7. The molecule has 0 bridgehead atoms. The average Bonchev–Trinajstić information content (AvgIpc) is 2.44. The maximum Gasteiger partial charge on any atom is 0.416 e. The third kappa shape index (κ3) is 3.11. The first kappa shape index (κ1) is 16.8. The minimum absolute atomic E-state index is 0.0110. The van der Waals surface area contributed by atoms with Crippen molar-refractivity contribution in [2.75, 3.05) is 12.3 Å². The molecule has 2 atom stereocenters. The molecular formula is C14H16F3NO3S. The van der Waals surface area contributed by atoms with Gasteiger partial charge in [-0.2, -0.15) is 13.2 Å². The van der Waals surface area contributed by atoms with Crippen molar-refractivity contribution in [1.82, 2.24) is 4.90 Å². The Balaban J connectivity index is 2.29. The van der Waals surface area contributed by atoms with Gasteiger partial charge in [0.2, 0.25) is 0 Å². The predicted molar refractivity (Wildman–Crippen MR) is 75.2 cm³/mol. The summed E-state index contributed by atoms with van der Waals surface area (Å²) >= 11 is 0. The Morgan fingerprint density at radius 3 is 2.50 bits per heavy atom. The first-order valence-electron chi connectivity index (χ1n) is 6.74. The highest BCUT2D eigenvalue weighted by Gasteiger charge is 2.38. The zero-order valence-electron chi connectivity index (χ0n) is 12.1. The lowest BCUT2D eigenvalue weighted by molar-refractivity contribution is -0.137. The van der Waals surface area contributed by atoms with Crippen molar-refractivity contribution in [2.24, 2.45) is 0 Å². The van der Waals surface area contributed by atoms with Gasteiger partial charge in [0.15, 0.2) is 9.84 Å². The number of halogens is 3. The van der Waals surface area contributed by atoms with Crippen LogP contribution >= 0.6 is 0 Å². The van der Waals surface area contributed by atoms with Gasteiger partial charge in [-0.3, -0.25) is 4.79 Å². The molecule has 122 valence electrons. The molecule has 0 aromatic heterocycles. The summed E-state index contributed by atoms with van der Waals surface area (Å²) in [6.07, 6.45) is -4.53. The zero-order valence-corrected chi connectivity index (χ0v) is 12.9. The van der Waals surface area contributed by atoms with Crippen LogP contribution in [-0.2, 0) is 16.0 Å². The number of rotatable bonds is 1. The number of carbonyl (C=O) groups is 1. The number of nitrogens with zero attached hydrogens (tertiary/aromatic N) is 1. The summed E-state index contributed by atoms with van der Waals surface area (Å²) in [4.78, 5) is 13.7. The minimum Gasteiger partial charge on any atom is -0.334 e. The first-order chi connectivity index (χ1) is 10.0. The van der Waals surface area contributed by atoms with Crippen LogP contribution in [0.25, 0.3) is 0 Å². The lowest BCUT2D eigenvalue weighted by Crippen LogP contribution is -2.54. The van der Waals surface area contributed by atoms with E-state index in [0.29, 0.717) is 0 Å². The SMILES string of the molecule is C[C@H]1[C@H](C)S(=O)(=O)CCN1C(=O)c1cccc(C(F)(F)F)c1. The van der Waals surface area contributed by atoms with Gasteiger partial charge < -0.3 is 4.90 Å². The van der Waals surface area contributed by atoms with Gasteiger partial charge in [-0.1, -0.05) is 6.07 Å². The summed E-state index contributed by atoms with van der Waals surface area (Å²) in [5.41, 5.74) is -0.989. The van der Waals surface area contributed by atoms with E-state index < -0.39 is 38.8 Å². The lowest BCUT2D eigenvalue weighted by Gasteiger charge is -2.37. The normalized spacial score (nSPS) is 25.0. The smallest absolute Gasteiger partial charge is 0.334 e. The molecule has 22 heavy (non-hydrogen) atoms. The summed E-state index contributed by atoms with van der Waals surface area (Å²) in [7, 11) is -3.26. The maximum absolute atomic E-state index is 12.7. The second kappa shape index (κ2) is 5.57. The average molecular weight is 335 g/mol. The highest BCUT2D eigenvalue weighted by molar-refractivity contribution is 7.92. The quantitative estimate of drug-likeness (QED) is 0.792. The second-order valence-electron chi connectivity index (χ2n) is 5.39. The Morgan fingerprint density at radius 2 is 1.91 bits per heavy atom. The monoisotopic (exact) mass is 335 g/mol. The Morgan fingerprint density at radius 1 is 1.27 bits per heavy atom. The molecule has 1 heterocycles. The number of hydrogen-bond donors (Lipinski definition) is 0. The van der Waals surface area contributed by atoms with Crippen molar-refractivity contribution in [1.29, 1.82) is 0 Å². The van der Waals surface area contributed by atoms with E-state index in [1.54, 1.807) is 6.92 Å². The molecule has 0 saturated carbocycles. The molecule has 1 aliphatic heterocycles. The number of alkyl halides is 3. The van der Waals surface area contributed by atoms with Crippen molar-refractivity contribution < 1.29 is 26.4 Å². The molecule has 1 aromatic carbocycles. The topological polar surface area (TPSA) is 54.5 Å². The van der Waals surface area contributed by atoms with Gasteiger partial charge in [-0.15, -0.1) is 0 Å². The highest BCUT2D eigenvalue weighted by Crippen LogP contribution is 2.30. The molecule has 0 N–H and O–H groups in total. The molecule has 1 aliphatic rings. The van der Waals surface area contributed by atoms with Gasteiger partial charge in [0.05, 0.1) is 16.6 Å². The fraction of sp³-hybridized carbons (Fsp3) is 0.500. The largest absolute Gasteiger partial charge is 0.416 e. The molecule has 1 amide bonds. The molecule has 2 rings (SSSR count). The van der Waals surface area contributed by atoms with Crippen LogP contribution < -0.4 is 0 Å². The number of hydrogen-bond acceptors (Lipinski definition) is 3. The van der Waals surface area contributed by atoms with Gasteiger partial charge in [-0.05, 0) is 32.0 Å². The van der Waals surface area contributed by atoms with E-state index in [4.69, 9.17) is 0 Å². The zero-order chi connectivity index (χ0) is 16.7. The van der Waals surface area contributed by atoms with E-state index in [1.165, 1.54) is 24.0 Å². The van der Waals surface area contributed by atoms with E-state index in [2.05, 4.69) is 0 Å². The molecule has 1 fully saturated rings. The van der Waals surface area contributed by atoms with Crippen LogP contribution in [0.4, 0.5) is 13.2 Å². The summed E-state index contributed by atoms with van der Waals surface area (Å²) in [5, 5.41) is -0.740. The number of amides is 1. The molecule has 0 radical (unpaired) electrons. The van der Waals surface area contributed by atoms with Crippen molar-refractivity contribution in [3.05, 3.63) is 35.4 Å². The van der Waals surface area contributed by atoms with Gasteiger partial charge in [0.1, 0.15) is 0 Å². The molecule has 4 nitrogen and oxygen atoms in total. The van der Waals surface area contributed by atoms with Crippen LogP contribution in [0.5, 0.6) is 0 Å². The molecular weight excluding hydrogens is 319 g/mol. The summed E-state index contributed by atoms with van der Waals surface area (Å²) in [5.74, 6) is -0.760. The van der Waals surface area contributed by atoms with Gasteiger partial charge in [0, 0.05) is 18.2 Å². The van der Waals surface area contributed by atoms with E-state index in [-0.39, 0.29) is 17.9 Å². The molecule has 1 saturated heterocycles. The summed E-state index contributed by atoms with van der Waals surface area (Å²) in [6.45, 7) is 3.08. The fourth-order valence-electron chi connectivity index (χ4n) is 2.45.